The largest absolute Gasteiger partial charge is 0.487 e. The SMILES string of the molecule is O=C(c1ccccn1)C1CCCN(C(=O)c2cc(COc3ccccc3)[nH]n2)C1. The van der Waals surface area contributed by atoms with E-state index in [1.807, 2.05) is 30.3 Å². The number of H-pyrrole nitrogens is 1. The number of nitrogens with one attached hydrogen (secondary N) is 1. The van der Waals surface area contributed by atoms with Crippen molar-refractivity contribution in [2.45, 2.75) is 19.4 Å². The van der Waals surface area contributed by atoms with E-state index in [2.05, 4.69) is 15.2 Å². The Hall–Kier alpha value is -3.48. The first kappa shape index (κ1) is 18.9. The number of ketones is 1. The molecule has 3 aromatic rings. The minimum Gasteiger partial charge on any atom is -0.487 e. The zero-order valence-electron chi connectivity index (χ0n) is 16.0. The van der Waals surface area contributed by atoms with Gasteiger partial charge >= 0.3 is 0 Å². The minimum absolute atomic E-state index is 0.0120. The molecule has 0 aliphatic carbocycles. The number of likely N-dealkylation sites (tertiary alicyclic amines) is 1. The molecule has 1 N–H and O–H groups in total. The maximum absolute atomic E-state index is 12.9. The quantitative estimate of drug-likeness (QED) is 0.654. The first-order chi connectivity index (χ1) is 14.2. The number of Topliss-reactive ketones (excluding diaryl/α,β-unsaturated/α-hetero) is 1. The van der Waals surface area contributed by atoms with Crippen LogP contribution in [0.1, 0.15) is 39.5 Å². The number of amides is 1. The third-order valence-electron chi connectivity index (χ3n) is 4.98. The number of hydrogen-bond acceptors (Lipinski definition) is 5. The fraction of sp³-hybridized carbons (Fsp3) is 0.273. The molecule has 3 heterocycles. The van der Waals surface area contributed by atoms with Crippen LogP contribution < -0.4 is 4.74 Å². The summed E-state index contributed by atoms with van der Waals surface area (Å²) < 4.78 is 5.68. The predicted octanol–water partition coefficient (Wildman–Crippen LogP) is 3.12. The number of carbonyl (C=O) groups excluding carboxylic acids is 2. The molecule has 0 spiro atoms. The lowest BCUT2D eigenvalue weighted by Gasteiger charge is -2.31. The lowest BCUT2D eigenvalue weighted by molar-refractivity contribution is 0.0630. The lowest BCUT2D eigenvalue weighted by Crippen LogP contribution is -2.42. The average Bonchev–Trinajstić information content (AvgIpc) is 3.27. The van der Waals surface area contributed by atoms with Crippen molar-refractivity contribution in [3.8, 4) is 5.75 Å². The Balaban J connectivity index is 1.38. The number of piperidine rings is 1. The van der Waals surface area contributed by atoms with Gasteiger partial charge in [0.25, 0.3) is 5.91 Å². The summed E-state index contributed by atoms with van der Waals surface area (Å²) in [6.07, 6.45) is 3.15. The van der Waals surface area contributed by atoms with Crippen LogP contribution in [0.25, 0.3) is 0 Å². The second-order valence-corrected chi connectivity index (χ2v) is 7.05. The zero-order valence-corrected chi connectivity index (χ0v) is 16.0. The van der Waals surface area contributed by atoms with Gasteiger partial charge in [0.15, 0.2) is 11.5 Å². The van der Waals surface area contributed by atoms with Gasteiger partial charge < -0.3 is 9.64 Å². The molecule has 1 fully saturated rings. The molecule has 148 valence electrons. The molecule has 1 amide bonds. The number of nitrogens with zero attached hydrogens (tertiary/aromatic N) is 3. The summed E-state index contributed by atoms with van der Waals surface area (Å²) in [7, 11) is 0. The van der Waals surface area contributed by atoms with Crippen LogP contribution in [0.4, 0.5) is 0 Å². The van der Waals surface area contributed by atoms with Gasteiger partial charge in [0.2, 0.25) is 0 Å². The van der Waals surface area contributed by atoms with E-state index in [1.54, 1.807) is 35.4 Å². The van der Waals surface area contributed by atoms with Crippen LogP contribution in [0, 0.1) is 5.92 Å². The van der Waals surface area contributed by atoms with E-state index < -0.39 is 0 Å². The van der Waals surface area contributed by atoms with E-state index in [-0.39, 0.29) is 17.6 Å². The van der Waals surface area contributed by atoms with Crippen LogP contribution >= 0.6 is 0 Å². The molecule has 1 aliphatic rings. The summed E-state index contributed by atoms with van der Waals surface area (Å²) in [6.45, 7) is 1.30. The molecule has 1 aromatic carbocycles. The van der Waals surface area contributed by atoms with E-state index in [4.69, 9.17) is 4.74 Å². The molecule has 1 unspecified atom stereocenters. The molecule has 0 bridgehead atoms. The van der Waals surface area contributed by atoms with Crippen LogP contribution in [0.3, 0.4) is 0 Å². The Morgan fingerprint density at radius 1 is 1.10 bits per heavy atom. The van der Waals surface area contributed by atoms with Crippen molar-refractivity contribution in [2.24, 2.45) is 5.92 Å². The number of para-hydroxylation sites is 1. The van der Waals surface area contributed by atoms with E-state index >= 15 is 0 Å². The van der Waals surface area contributed by atoms with Crippen molar-refractivity contribution >= 4 is 11.7 Å². The van der Waals surface area contributed by atoms with Crippen LogP contribution in [0.2, 0.25) is 0 Å². The first-order valence-corrected chi connectivity index (χ1v) is 9.67. The lowest BCUT2D eigenvalue weighted by atomic mass is 9.91. The Morgan fingerprint density at radius 2 is 1.93 bits per heavy atom. The van der Waals surface area contributed by atoms with E-state index in [0.717, 1.165) is 24.3 Å². The highest BCUT2D eigenvalue weighted by Gasteiger charge is 2.30. The number of aromatic nitrogens is 3. The van der Waals surface area contributed by atoms with E-state index in [1.165, 1.54) is 0 Å². The standard InChI is InChI=1S/C22H22N4O3/c27-21(19-10-4-5-11-23-19)16-7-6-12-26(14-16)22(28)20-13-17(24-25-20)15-29-18-8-2-1-3-9-18/h1-5,8-11,13,16H,6-7,12,14-15H2,(H,24,25). The minimum atomic E-state index is -0.234. The molecule has 7 heteroatoms. The highest BCUT2D eigenvalue weighted by molar-refractivity contribution is 5.97. The van der Waals surface area contributed by atoms with Gasteiger partial charge in [-0.3, -0.25) is 19.7 Å². The highest BCUT2D eigenvalue weighted by Crippen LogP contribution is 2.22. The molecular weight excluding hydrogens is 368 g/mol. The number of carbonyl (C=O) groups is 2. The number of pyridine rings is 1. The topological polar surface area (TPSA) is 88.2 Å². The van der Waals surface area contributed by atoms with Crippen molar-refractivity contribution in [2.75, 3.05) is 13.1 Å². The zero-order chi connectivity index (χ0) is 20.1. The van der Waals surface area contributed by atoms with Gasteiger partial charge in [0.1, 0.15) is 18.1 Å². The van der Waals surface area contributed by atoms with Gasteiger partial charge in [-0.25, -0.2) is 0 Å². The number of rotatable bonds is 6. The summed E-state index contributed by atoms with van der Waals surface area (Å²) in [6, 6.07) is 16.5. The van der Waals surface area contributed by atoms with Crippen molar-refractivity contribution in [3.63, 3.8) is 0 Å². The number of aromatic amines is 1. The Bertz CT molecular complexity index is 972. The second-order valence-electron chi connectivity index (χ2n) is 7.05. The first-order valence-electron chi connectivity index (χ1n) is 9.67. The van der Waals surface area contributed by atoms with Crippen molar-refractivity contribution in [3.05, 3.63) is 77.9 Å². The molecule has 1 aliphatic heterocycles. The average molecular weight is 390 g/mol. The van der Waals surface area contributed by atoms with Crippen LogP contribution in [-0.4, -0.2) is 44.9 Å². The number of hydrogen-bond donors (Lipinski definition) is 1. The van der Waals surface area contributed by atoms with Gasteiger partial charge in [0.05, 0.1) is 5.69 Å². The molecule has 29 heavy (non-hydrogen) atoms. The maximum Gasteiger partial charge on any atom is 0.274 e. The Morgan fingerprint density at radius 3 is 2.72 bits per heavy atom. The van der Waals surface area contributed by atoms with Gasteiger partial charge in [-0.15, -0.1) is 0 Å². The van der Waals surface area contributed by atoms with Crippen molar-refractivity contribution < 1.29 is 14.3 Å². The number of ether oxygens (including phenoxy) is 1. The van der Waals surface area contributed by atoms with Crippen LogP contribution in [0.5, 0.6) is 5.75 Å². The fourth-order valence-corrected chi connectivity index (χ4v) is 3.48. The van der Waals surface area contributed by atoms with Crippen molar-refractivity contribution in [1.29, 1.82) is 0 Å². The smallest absolute Gasteiger partial charge is 0.274 e. The third kappa shape index (κ3) is 4.51. The molecule has 0 radical (unpaired) electrons. The molecule has 1 atom stereocenters. The molecule has 0 saturated carbocycles. The van der Waals surface area contributed by atoms with Crippen LogP contribution in [-0.2, 0) is 6.61 Å². The molecule has 7 nitrogen and oxygen atoms in total. The van der Waals surface area contributed by atoms with Gasteiger partial charge in [-0.2, -0.15) is 5.10 Å². The third-order valence-corrected chi connectivity index (χ3v) is 4.98. The van der Waals surface area contributed by atoms with Crippen LogP contribution in [0.15, 0.2) is 60.8 Å². The van der Waals surface area contributed by atoms with Gasteiger partial charge in [-0.1, -0.05) is 24.3 Å². The molecule has 4 rings (SSSR count). The normalized spacial score (nSPS) is 16.4. The summed E-state index contributed by atoms with van der Waals surface area (Å²) >= 11 is 0. The fourth-order valence-electron chi connectivity index (χ4n) is 3.48. The summed E-state index contributed by atoms with van der Waals surface area (Å²) in [5.41, 5.74) is 1.50. The molecular formula is C22H22N4O3. The summed E-state index contributed by atoms with van der Waals surface area (Å²) in [5, 5.41) is 6.99. The molecule has 1 saturated heterocycles. The highest BCUT2D eigenvalue weighted by atomic mass is 16.5. The second kappa shape index (κ2) is 8.68. The summed E-state index contributed by atoms with van der Waals surface area (Å²) in [5.74, 6) is 0.331. The Labute approximate surface area is 168 Å². The van der Waals surface area contributed by atoms with Gasteiger partial charge in [0, 0.05) is 25.2 Å². The van der Waals surface area contributed by atoms with E-state index in [9.17, 15) is 9.59 Å². The molecule has 2 aromatic heterocycles. The van der Waals surface area contributed by atoms with E-state index in [0.29, 0.717) is 31.1 Å². The monoisotopic (exact) mass is 390 g/mol. The predicted molar refractivity (Wildman–Crippen MR) is 107 cm³/mol. The van der Waals surface area contributed by atoms with Gasteiger partial charge in [-0.05, 0) is 43.2 Å². The number of benzene rings is 1. The Kier molecular flexibility index (Phi) is 5.65. The van der Waals surface area contributed by atoms with Crippen molar-refractivity contribution in [1.82, 2.24) is 20.1 Å². The maximum atomic E-state index is 12.9. The summed E-state index contributed by atoms with van der Waals surface area (Å²) in [4.78, 5) is 31.4.